The van der Waals surface area contributed by atoms with Crippen molar-refractivity contribution in [3.8, 4) is 5.75 Å². The molecule has 0 bridgehead atoms. The van der Waals surface area contributed by atoms with Crippen molar-refractivity contribution in [2.45, 2.75) is 13.8 Å². The number of phenols is 1. The van der Waals surface area contributed by atoms with Crippen LogP contribution in [0.4, 0.5) is 5.69 Å². The van der Waals surface area contributed by atoms with Gasteiger partial charge in [-0.2, -0.15) is 0 Å². The highest BCUT2D eigenvalue weighted by atomic mass is 16.3. The highest BCUT2D eigenvalue weighted by Gasteiger charge is 2.06. The fourth-order valence-electron chi connectivity index (χ4n) is 1.16. The Labute approximate surface area is 93.5 Å². The predicted octanol–water partition coefficient (Wildman–Crippen LogP) is 0.775. The van der Waals surface area contributed by atoms with E-state index in [1.54, 1.807) is 25.1 Å². The van der Waals surface area contributed by atoms with Crippen LogP contribution in [0.3, 0.4) is 0 Å². The van der Waals surface area contributed by atoms with Crippen LogP contribution in [-0.2, 0) is 9.59 Å². The van der Waals surface area contributed by atoms with Gasteiger partial charge in [0, 0.05) is 18.2 Å². The number of amides is 2. The number of carbonyl (C=O) groups is 2. The molecule has 5 heteroatoms. The van der Waals surface area contributed by atoms with Gasteiger partial charge in [0.05, 0.1) is 6.54 Å². The Hall–Kier alpha value is -2.04. The maximum Gasteiger partial charge on any atom is 0.243 e. The third-order valence-corrected chi connectivity index (χ3v) is 2.08. The van der Waals surface area contributed by atoms with Crippen LogP contribution < -0.4 is 10.6 Å². The minimum absolute atomic E-state index is 0.0789. The highest BCUT2D eigenvalue weighted by Crippen LogP contribution is 2.23. The number of anilines is 1. The topological polar surface area (TPSA) is 78.4 Å². The van der Waals surface area contributed by atoms with E-state index in [0.717, 1.165) is 0 Å². The molecule has 3 N–H and O–H groups in total. The molecule has 0 radical (unpaired) electrons. The first kappa shape index (κ1) is 12.0. The summed E-state index contributed by atoms with van der Waals surface area (Å²) in [6.07, 6.45) is 0. The zero-order valence-electron chi connectivity index (χ0n) is 9.20. The van der Waals surface area contributed by atoms with E-state index < -0.39 is 0 Å². The highest BCUT2D eigenvalue weighted by molar-refractivity contribution is 5.95. The molecule has 1 aromatic carbocycles. The van der Waals surface area contributed by atoms with Gasteiger partial charge in [-0.05, 0) is 19.1 Å². The lowest BCUT2D eigenvalue weighted by atomic mass is 10.2. The molecule has 1 aromatic rings. The first-order chi connectivity index (χ1) is 7.50. The van der Waals surface area contributed by atoms with Crippen LogP contribution in [0.25, 0.3) is 0 Å². The van der Waals surface area contributed by atoms with Crippen molar-refractivity contribution >= 4 is 17.5 Å². The lowest BCUT2D eigenvalue weighted by molar-refractivity contribution is -0.122. The van der Waals surface area contributed by atoms with E-state index in [1.165, 1.54) is 6.92 Å². The molecule has 16 heavy (non-hydrogen) atoms. The van der Waals surface area contributed by atoms with Crippen molar-refractivity contribution in [1.29, 1.82) is 0 Å². The van der Waals surface area contributed by atoms with E-state index in [2.05, 4.69) is 10.6 Å². The molecular formula is C11H14N2O3. The van der Waals surface area contributed by atoms with Gasteiger partial charge < -0.3 is 15.7 Å². The SMILES string of the molecule is CC(=O)NCC(=O)Nc1cccc(O)c1C. The van der Waals surface area contributed by atoms with Crippen molar-refractivity contribution in [1.82, 2.24) is 5.32 Å². The molecule has 0 saturated heterocycles. The Morgan fingerprint density at radius 2 is 2.06 bits per heavy atom. The van der Waals surface area contributed by atoms with E-state index in [-0.39, 0.29) is 24.1 Å². The monoisotopic (exact) mass is 222 g/mol. The van der Waals surface area contributed by atoms with Gasteiger partial charge in [-0.25, -0.2) is 0 Å². The van der Waals surface area contributed by atoms with Crippen molar-refractivity contribution in [3.05, 3.63) is 23.8 Å². The molecule has 2 amide bonds. The standard InChI is InChI=1S/C11H14N2O3/c1-7-9(4-3-5-10(7)15)13-11(16)6-12-8(2)14/h3-5,15H,6H2,1-2H3,(H,12,14)(H,13,16). The number of hydrogen-bond acceptors (Lipinski definition) is 3. The van der Waals surface area contributed by atoms with Gasteiger partial charge >= 0.3 is 0 Å². The van der Waals surface area contributed by atoms with Crippen LogP contribution in [0.5, 0.6) is 5.75 Å². The molecule has 0 spiro atoms. The van der Waals surface area contributed by atoms with Crippen LogP contribution in [0.2, 0.25) is 0 Å². The summed E-state index contributed by atoms with van der Waals surface area (Å²) in [7, 11) is 0. The second kappa shape index (κ2) is 5.16. The van der Waals surface area contributed by atoms with Gasteiger partial charge in [0.15, 0.2) is 0 Å². The average Bonchev–Trinajstić information content (AvgIpc) is 2.22. The number of rotatable bonds is 3. The molecule has 0 aromatic heterocycles. The summed E-state index contributed by atoms with van der Waals surface area (Å²) >= 11 is 0. The first-order valence-corrected chi connectivity index (χ1v) is 4.83. The largest absolute Gasteiger partial charge is 0.508 e. The van der Waals surface area contributed by atoms with Crippen LogP contribution >= 0.6 is 0 Å². The number of carbonyl (C=O) groups excluding carboxylic acids is 2. The average molecular weight is 222 g/mol. The predicted molar refractivity (Wildman–Crippen MR) is 60.2 cm³/mol. The van der Waals surface area contributed by atoms with Crippen LogP contribution in [0.15, 0.2) is 18.2 Å². The van der Waals surface area contributed by atoms with Crippen molar-refractivity contribution < 1.29 is 14.7 Å². The summed E-state index contributed by atoms with van der Waals surface area (Å²) in [6, 6.07) is 4.86. The summed E-state index contributed by atoms with van der Waals surface area (Å²) in [4.78, 5) is 22.0. The minimum atomic E-state index is -0.330. The first-order valence-electron chi connectivity index (χ1n) is 4.83. The van der Waals surface area contributed by atoms with Gasteiger partial charge in [-0.3, -0.25) is 9.59 Å². The third-order valence-electron chi connectivity index (χ3n) is 2.08. The number of hydrogen-bond donors (Lipinski definition) is 3. The number of aromatic hydroxyl groups is 1. The number of nitrogens with one attached hydrogen (secondary N) is 2. The fraction of sp³-hybridized carbons (Fsp3) is 0.273. The van der Waals surface area contributed by atoms with E-state index >= 15 is 0 Å². The molecule has 0 aliphatic heterocycles. The summed E-state index contributed by atoms with van der Waals surface area (Å²) in [6.45, 7) is 2.96. The lowest BCUT2D eigenvalue weighted by Crippen LogP contribution is -2.31. The molecule has 0 fully saturated rings. The Balaban J connectivity index is 2.63. The minimum Gasteiger partial charge on any atom is -0.508 e. The second-order valence-electron chi connectivity index (χ2n) is 3.41. The molecule has 0 atom stereocenters. The molecule has 0 saturated carbocycles. The molecule has 0 unspecified atom stereocenters. The van der Waals surface area contributed by atoms with Crippen LogP contribution in [0.1, 0.15) is 12.5 Å². The van der Waals surface area contributed by atoms with E-state index in [0.29, 0.717) is 11.3 Å². The Morgan fingerprint density at radius 3 is 2.69 bits per heavy atom. The normalized spacial score (nSPS) is 9.62. The van der Waals surface area contributed by atoms with Crippen molar-refractivity contribution in [2.75, 3.05) is 11.9 Å². The smallest absolute Gasteiger partial charge is 0.243 e. The summed E-state index contributed by atoms with van der Waals surface area (Å²) in [5, 5.41) is 14.4. The third kappa shape index (κ3) is 3.27. The quantitative estimate of drug-likeness (QED) is 0.707. The van der Waals surface area contributed by atoms with Gasteiger partial charge in [0.25, 0.3) is 0 Å². The van der Waals surface area contributed by atoms with E-state index in [1.807, 2.05) is 0 Å². The summed E-state index contributed by atoms with van der Waals surface area (Å²) in [5.41, 5.74) is 1.13. The van der Waals surface area contributed by atoms with Crippen LogP contribution in [0, 0.1) is 6.92 Å². The maximum absolute atomic E-state index is 11.4. The zero-order chi connectivity index (χ0) is 12.1. The molecule has 5 nitrogen and oxygen atoms in total. The Kier molecular flexibility index (Phi) is 3.88. The van der Waals surface area contributed by atoms with Crippen molar-refractivity contribution in [3.63, 3.8) is 0 Å². The van der Waals surface area contributed by atoms with E-state index in [4.69, 9.17) is 0 Å². The molecule has 0 aliphatic carbocycles. The number of phenolic OH excluding ortho intramolecular Hbond substituents is 1. The van der Waals surface area contributed by atoms with Gasteiger partial charge in [-0.15, -0.1) is 0 Å². The van der Waals surface area contributed by atoms with Gasteiger partial charge in [0.1, 0.15) is 5.75 Å². The molecule has 0 heterocycles. The summed E-state index contributed by atoms with van der Waals surface area (Å²) < 4.78 is 0. The Morgan fingerprint density at radius 1 is 1.38 bits per heavy atom. The lowest BCUT2D eigenvalue weighted by Gasteiger charge is -2.09. The Bertz CT molecular complexity index is 416. The second-order valence-corrected chi connectivity index (χ2v) is 3.41. The van der Waals surface area contributed by atoms with E-state index in [9.17, 15) is 14.7 Å². The fourth-order valence-corrected chi connectivity index (χ4v) is 1.16. The van der Waals surface area contributed by atoms with Crippen molar-refractivity contribution in [2.24, 2.45) is 0 Å². The number of benzene rings is 1. The molecule has 86 valence electrons. The molecular weight excluding hydrogens is 208 g/mol. The van der Waals surface area contributed by atoms with Crippen LogP contribution in [-0.4, -0.2) is 23.5 Å². The maximum atomic E-state index is 11.4. The van der Waals surface area contributed by atoms with Gasteiger partial charge in [0.2, 0.25) is 11.8 Å². The van der Waals surface area contributed by atoms with Gasteiger partial charge in [-0.1, -0.05) is 6.07 Å². The molecule has 0 aliphatic rings. The zero-order valence-corrected chi connectivity index (χ0v) is 9.20. The molecule has 1 rings (SSSR count). The summed E-state index contributed by atoms with van der Waals surface area (Å²) in [5.74, 6) is -0.469.